The molecular weight excluding hydrogens is 236 g/mol. The van der Waals surface area contributed by atoms with E-state index in [4.69, 9.17) is 12.2 Å². The van der Waals surface area contributed by atoms with Crippen molar-refractivity contribution in [1.29, 1.82) is 0 Å². The standard InChI is InChI=1S/C10H18N6S/c1-7(9-13-15-16-14-9)11-10(17)12-8-5-3-2-4-6-8/h7-8H,2-6H2,1H3,(H2,11,12,17)(H,13,14,15,16). The molecule has 94 valence electrons. The second kappa shape index (κ2) is 5.90. The number of nitrogens with one attached hydrogen (secondary N) is 3. The van der Waals surface area contributed by atoms with Gasteiger partial charge in [0.15, 0.2) is 10.9 Å². The Kier molecular flexibility index (Phi) is 4.24. The Bertz CT molecular complexity index is 346. The fourth-order valence-corrected chi connectivity index (χ4v) is 2.43. The monoisotopic (exact) mass is 254 g/mol. The first kappa shape index (κ1) is 12.2. The van der Waals surface area contributed by atoms with Crippen molar-refractivity contribution < 1.29 is 0 Å². The number of nitrogens with zero attached hydrogens (tertiary/aromatic N) is 3. The highest BCUT2D eigenvalue weighted by Gasteiger charge is 2.16. The van der Waals surface area contributed by atoms with Crippen LogP contribution in [0, 0.1) is 0 Å². The fourth-order valence-electron chi connectivity index (χ4n) is 2.09. The Morgan fingerprint density at radius 3 is 2.82 bits per heavy atom. The van der Waals surface area contributed by atoms with Gasteiger partial charge in [-0.25, -0.2) is 0 Å². The lowest BCUT2D eigenvalue weighted by molar-refractivity contribution is 0.410. The number of tetrazole rings is 1. The highest BCUT2D eigenvalue weighted by atomic mass is 32.1. The molecule has 1 heterocycles. The van der Waals surface area contributed by atoms with Gasteiger partial charge in [-0.3, -0.25) is 0 Å². The minimum Gasteiger partial charge on any atom is -0.360 e. The van der Waals surface area contributed by atoms with E-state index in [1.165, 1.54) is 32.1 Å². The van der Waals surface area contributed by atoms with Crippen LogP contribution in [0.25, 0.3) is 0 Å². The van der Waals surface area contributed by atoms with Crippen LogP contribution in [0.4, 0.5) is 0 Å². The van der Waals surface area contributed by atoms with Gasteiger partial charge in [0.1, 0.15) is 0 Å². The summed E-state index contributed by atoms with van der Waals surface area (Å²) >= 11 is 5.28. The molecule has 0 aliphatic heterocycles. The van der Waals surface area contributed by atoms with Gasteiger partial charge in [0.25, 0.3) is 0 Å². The van der Waals surface area contributed by atoms with Crippen LogP contribution in [0.5, 0.6) is 0 Å². The van der Waals surface area contributed by atoms with Crippen molar-refractivity contribution in [3.05, 3.63) is 5.82 Å². The average molecular weight is 254 g/mol. The third kappa shape index (κ3) is 3.62. The van der Waals surface area contributed by atoms with Gasteiger partial charge in [0.05, 0.1) is 6.04 Å². The third-order valence-corrected chi connectivity index (χ3v) is 3.27. The highest BCUT2D eigenvalue weighted by molar-refractivity contribution is 7.80. The van der Waals surface area contributed by atoms with Crippen molar-refractivity contribution in [2.75, 3.05) is 0 Å². The van der Waals surface area contributed by atoms with Gasteiger partial charge >= 0.3 is 0 Å². The summed E-state index contributed by atoms with van der Waals surface area (Å²) < 4.78 is 0. The van der Waals surface area contributed by atoms with Crippen molar-refractivity contribution in [2.24, 2.45) is 0 Å². The molecule has 1 aromatic heterocycles. The van der Waals surface area contributed by atoms with Crippen LogP contribution in [0.15, 0.2) is 0 Å². The van der Waals surface area contributed by atoms with Crippen LogP contribution in [-0.4, -0.2) is 31.8 Å². The van der Waals surface area contributed by atoms with Crippen LogP contribution < -0.4 is 10.6 Å². The van der Waals surface area contributed by atoms with Gasteiger partial charge in [-0.2, -0.15) is 5.21 Å². The molecule has 1 aromatic rings. The molecule has 1 atom stereocenters. The van der Waals surface area contributed by atoms with E-state index in [1.54, 1.807) is 0 Å². The van der Waals surface area contributed by atoms with Crippen molar-refractivity contribution in [1.82, 2.24) is 31.3 Å². The fraction of sp³-hybridized carbons (Fsp3) is 0.800. The zero-order chi connectivity index (χ0) is 12.1. The van der Waals surface area contributed by atoms with Crippen molar-refractivity contribution in [3.8, 4) is 0 Å². The molecule has 0 aromatic carbocycles. The SMILES string of the molecule is CC(NC(=S)NC1CCCCC1)c1nn[nH]n1. The van der Waals surface area contributed by atoms with Gasteiger partial charge < -0.3 is 10.6 Å². The number of aromatic nitrogens is 4. The summed E-state index contributed by atoms with van der Waals surface area (Å²) in [5.74, 6) is 0.623. The van der Waals surface area contributed by atoms with E-state index in [1.807, 2.05) is 6.92 Å². The molecule has 0 bridgehead atoms. The van der Waals surface area contributed by atoms with Crippen LogP contribution in [-0.2, 0) is 0 Å². The molecule has 1 aliphatic rings. The number of H-pyrrole nitrogens is 1. The molecule has 1 unspecified atom stereocenters. The normalized spacial score (nSPS) is 18.6. The molecule has 1 fully saturated rings. The van der Waals surface area contributed by atoms with E-state index in [0.717, 1.165) is 0 Å². The maximum Gasteiger partial charge on any atom is 0.196 e. The first-order valence-electron chi connectivity index (χ1n) is 6.06. The topological polar surface area (TPSA) is 78.5 Å². The molecule has 2 rings (SSSR count). The Hall–Kier alpha value is -1.24. The minimum absolute atomic E-state index is 0.0302. The molecule has 0 spiro atoms. The zero-order valence-electron chi connectivity index (χ0n) is 9.94. The second-order valence-electron chi connectivity index (χ2n) is 4.44. The number of thiocarbonyl (C=S) groups is 1. The summed E-state index contributed by atoms with van der Waals surface area (Å²) in [5.41, 5.74) is 0. The lowest BCUT2D eigenvalue weighted by atomic mass is 9.96. The lowest BCUT2D eigenvalue weighted by Crippen LogP contribution is -2.43. The Balaban J connectivity index is 1.76. The summed E-state index contributed by atoms with van der Waals surface area (Å²) in [6.07, 6.45) is 6.34. The Morgan fingerprint density at radius 2 is 2.18 bits per heavy atom. The average Bonchev–Trinajstić information content (AvgIpc) is 2.83. The van der Waals surface area contributed by atoms with E-state index in [2.05, 4.69) is 31.3 Å². The van der Waals surface area contributed by atoms with Crippen LogP contribution in [0.2, 0.25) is 0 Å². The van der Waals surface area contributed by atoms with E-state index in [-0.39, 0.29) is 6.04 Å². The first-order valence-corrected chi connectivity index (χ1v) is 6.47. The quantitative estimate of drug-likeness (QED) is 0.700. The van der Waals surface area contributed by atoms with Gasteiger partial charge in [0.2, 0.25) is 0 Å². The van der Waals surface area contributed by atoms with Crippen molar-refractivity contribution in [2.45, 2.75) is 51.1 Å². The summed E-state index contributed by atoms with van der Waals surface area (Å²) in [5, 5.41) is 21.0. The maximum absolute atomic E-state index is 5.28. The summed E-state index contributed by atoms with van der Waals surface area (Å²) in [6.45, 7) is 1.96. The molecule has 17 heavy (non-hydrogen) atoms. The highest BCUT2D eigenvalue weighted by Crippen LogP contribution is 2.17. The van der Waals surface area contributed by atoms with Crippen molar-refractivity contribution >= 4 is 17.3 Å². The molecule has 1 aliphatic carbocycles. The minimum atomic E-state index is -0.0302. The van der Waals surface area contributed by atoms with Gasteiger partial charge in [0, 0.05) is 6.04 Å². The number of hydrogen-bond donors (Lipinski definition) is 3. The smallest absolute Gasteiger partial charge is 0.196 e. The zero-order valence-corrected chi connectivity index (χ0v) is 10.8. The summed E-state index contributed by atoms with van der Waals surface area (Å²) in [6, 6.07) is 0.485. The molecule has 3 N–H and O–H groups in total. The van der Waals surface area contributed by atoms with E-state index in [0.29, 0.717) is 17.0 Å². The van der Waals surface area contributed by atoms with Crippen molar-refractivity contribution in [3.63, 3.8) is 0 Å². The lowest BCUT2D eigenvalue weighted by Gasteiger charge is -2.25. The Labute approximate surface area is 106 Å². The molecule has 6 nitrogen and oxygen atoms in total. The molecule has 7 heteroatoms. The van der Waals surface area contributed by atoms with E-state index >= 15 is 0 Å². The van der Waals surface area contributed by atoms with E-state index < -0.39 is 0 Å². The summed E-state index contributed by atoms with van der Waals surface area (Å²) in [4.78, 5) is 0. The van der Waals surface area contributed by atoms with Crippen LogP contribution in [0.1, 0.15) is 50.9 Å². The molecule has 1 saturated carbocycles. The van der Waals surface area contributed by atoms with Gasteiger partial charge in [-0.1, -0.05) is 24.5 Å². The van der Waals surface area contributed by atoms with Gasteiger partial charge in [-0.15, -0.1) is 10.2 Å². The Morgan fingerprint density at radius 1 is 1.41 bits per heavy atom. The number of aromatic amines is 1. The maximum atomic E-state index is 5.28. The van der Waals surface area contributed by atoms with E-state index in [9.17, 15) is 0 Å². The third-order valence-electron chi connectivity index (χ3n) is 3.04. The first-order chi connectivity index (χ1) is 8.25. The predicted octanol–water partition coefficient (Wildman–Crippen LogP) is 1.06. The second-order valence-corrected chi connectivity index (χ2v) is 4.85. The van der Waals surface area contributed by atoms with Crippen LogP contribution in [0.3, 0.4) is 0 Å². The molecule has 0 saturated heterocycles. The van der Waals surface area contributed by atoms with Crippen LogP contribution >= 0.6 is 12.2 Å². The number of rotatable bonds is 3. The largest absolute Gasteiger partial charge is 0.360 e. The number of hydrogen-bond acceptors (Lipinski definition) is 4. The predicted molar refractivity (Wildman–Crippen MR) is 68.3 cm³/mol. The molecule has 0 radical (unpaired) electrons. The molecule has 0 amide bonds. The summed E-state index contributed by atoms with van der Waals surface area (Å²) in [7, 11) is 0. The van der Waals surface area contributed by atoms with Gasteiger partial charge in [-0.05, 0) is 32.0 Å². The molecular formula is C10H18N6S.